The van der Waals surface area contributed by atoms with Gasteiger partial charge in [-0.15, -0.1) is 0 Å². The highest BCUT2D eigenvalue weighted by Gasteiger charge is 2.11. The number of rotatable bonds is 4. The fraction of sp³-hybridized carbons (Fsp3) is 0.0769. The van der Waals surface area contributed by atoms with Crippen LogP contribution in [0.2, 0.25) is 0 Å². The minimum Gasteiger partial charge on any atom is -0.481 e. The Morgan fingerprint density at radius 2 is 1.83 bits per heavy atom. The Hall–Kier alpha value is -2.56. The van der Waals surface area contributed by atoms with E-state index in [0.717, 1.165) is 11.1 Å². The van der Waals surface area contributed by atoms with E-state index in [-0.39, 0.29) is 0 Å². The molecule has 0 fully saturated rings. The lowest BCUT2D eigenvalue weighted by Gasteiger charge is -2.03. The van der Waals surface area contributed by atoms with Crippen molar-refractivity contribution in [2.45, 2.75) is 6.42 Å². The number of hydrogen-bond acceptors (Lipinski definition) is 4. The molecule has 2 aromatic rings. The molecule has 0 spiro atoms. The van der Waals surface area contributed by atoms with Gasteiger partial charge in [0.05, 0.1) is 0 Å². The second-order valence-electron chi connectivity index (χ2n) is 3.70. The van der Waals surface area contributed by atoms with Crippen LogP contribution in [-0.2, 0) is 4.79 Å². The summed E-state index contributed by atoms with van der Waals surface area (Å²) in [5, 5.41) is 8.59. The van der Waals surface area contributed by atoms with Gasteiger partial charge in [-0.05, 0) is 11.6 Å². The molecule has 1 N–H and O–H groups in total. The minimum absolute atomic E-state index is 0.374. The van der Waals surface area contributed by atoms with E-state index in [4.69, 9.17) is 5.11 Å². The van der Waals surface area contributed by atoms with Crippen molar-refractivity contribution in [3.63, 3.8) is 0 Å². The van der Waals surface area contributed by atoms with Gasteiger partial charge in [-0.25, -0.2) is 9.97 Å². The molecule has 5 heteroatoms. The zero-order valence-corrected chi connectivity index (χ0v) is 9.41. The van der Waals surface area contributed by atoms with E-state index in [1.54, 1.807) is 30.6 Å². The summed E-state index contributed by atoms with van der Waals surface area (Å²) >= 11 is 0. The first-order valence-electron chi connectivity index (χ1n) is 5.27. The van der Waals surface area contributed by atoms with Crippen LogP contribution in [0, 0.1) is 0 Å². The van der Waals surface area contributed by atoms with Crippen LogP contribution in [0.5, 0.6) is 0 Å². The van der Waals surface area contributed by atoms with Gasteiger partial charge >= 0.3 is 5.97 Å². The molecule has 0 bridgehead atoms. The van der Waals surface area contributed by atoms with Crippen molar-refractivity contribution in [2.24, 2.45) is 0 Å². The van der Waals surface area contributed by atoms with Gasteiger partial charge in [-0.1, -0.05) is 18.2 Å². The van der Waals surface area contributed by atoms with Gasteiger partial charge in [0.15, 0.2) is 5.78 Å². The number of aromatic nitrogens is 2. The van der Waals surface area contributed by atoms with Crippen LogP contribution in [0.1, 0.15) is 16.8 Å². The molecule has 2 rings (SSSR count). The quantitative estimate of drug-likeness (QED) is 0.653. The molecule has 0 amide bonds. The predicted molar refractivity (Wildman–Crippen MR) is 64.1 cm³/mol. The largest absolute Gasteiger partial charge is 0.481 e. The summed E-state index contributed by atoms with van der Waals surface area (Å²) in [4.78, 5) is 29.9. The highest BCUT2D eigenvalue weighted by molar-refractivity contribution is 6.06. The molecule has 1 heterocycles. The standard InChI is InChI=1S/C13H10N2O3/c16-12(5-13(17)18)10-3-1-2-9(4-10)11-6-14-8-15-7-11/h1-4,6-8H,5H2,(H,17,18). The third-order valence-corrected chi connectivity index (χ3v) is 2.39. The Bertz CT molecular complexity index is 582. The first kappa shape index (κ1) is 11.9. The summed E-state index contributed by atoms with van der Waals surface area (Å²) in [7, 11) is 0. The summed E-state index contributed by atoms with van der Waals surface area (Å²) in [6.45, 7) is 0. The van der Waals surface area contributed by atoms with E-state index in [0.29, 0.717) is 5.56 Å². The fourth-order valence-corrected chi connectivity index (χ4v) is 1.56. The van der Waals surface area contributed by atoms with Gasteiger partial charge in [0.2, 0.25) is 0 Å². The number of carbonyl (C=O) groups is 2. The third kappa shape index (κ3) is 2.76. The average Bonchev–Trinajstić information content (AvgIpc) is 2.39. The molecule has 1 aromatic carbocycles. The van der Waals surface area contributed by atoms with Crippen molar-refractivity contribution in [1.29, 1.82) is 0 Å². The van der Waals surface area contributed by atoms with Crippen LogP contribution in [0.25, 0.3) is 11.1 Å². The van der Waals surface area contributed by atoms with E-state index in [2.05, 4.69) is 9.97 Å². The molecule has 0 atom stereocenters. The minimum atomic E-state index is -1.13. The highest BCUT2D eigenvalue weighted by Crippen LogP contribution is 2.19. The van der Waals surface area contributed by atoms with Crippen molar-refractivity contribution in [3.8, 4) is 11.1 Å². The number of ketones is 1. The maximum absolute atomic E-state index is 11.6. The second kappa shape index (κ2) is 5.18. The zero-order chi connectivity index (χ0) is 13.0. The Kier molecular flexibility index (Phi) is 3.43. The SMILES string of the molecule is O=C(O)CC(=O)c1cccc(-c2cncnc2)c1. The van der Waals surface area contributed by atoms with Crippen LogP contribution < -0.4 is 0 Å². The van der Waals surface area contributed by atoms with Crippen molar-refractivity contribution < 1.29 is 14.7 Å². The second-order valence-corrected chi connectivity index (χ2v) is 3.70. The number of carbonyl (C=O) groups excluding carboxylic acids is 1. The first-order valence-corrected chi connectivity index (χ1v) is 5.27. The zero-order valence-electron chi connectivity index (χ0n) is 9.41. The molecule has 0 aliphatic heterocycles. The van der Waals surface area contributed by atoms with E-state index >= 15 is 0 Å². The van der Waals surface area contributed by atoms with Gasteiger partial charge in [0, 0.05) is 23.5 Å². The van der Waals surface area contributed by atoms with E-state index in [1.165, 1.54) is 6.33 Å². The summed E-state index contributed by atoms with van der Waals surface area (Å²) in [5.41, 5.74) is 1.94. The lowest BCUT2D eigenvalue weighted by atomic mass is 10.0. The number of carboxylic acids is 1. The number of benzene rings is 1. The molecule has 90 valence electrons. The molecule has 0 radical (unpaired) electrons. The van der Waals surface area contributed by atoms with E-state index in [9.17, 15) is 9.59 Å². The van der Waals surface area contributed by atoms with Crippen molar-refractivity contribution >= 4 is 11.8 Å². The Morgan fingerprint density at radius 3 is 2.50 bits per heavy atom. The maximum Gasteiger partial charge on any atom is 0.311 e. The summed E-state index contributed by atoms with van der Waals surface area (Å²) in [5.74, 6) is -1.55. The van der Waals surface area contributed by atoms with Gasteiger partial charge in [0.1, 0.15) is 12.7 Å². The van der Waals surface area contributed by atoms with Crippen LogP contribution in [0.15, 0.2) is 43.0 Å². The number of aliphatic carboxylic acids is 1. The molecular weight excluding hydrogens is 232 g/mol. The molecule has 18 heavy (non-hydrogen) atoms. The molecular formula is C13H10N2O3. The first-order chi connectivity index (χ1) is 8.66. The van der Waals surface area contributed by atoms with Gasteiger partial charge in [-0.2, -0.15) is 0 Å². The van der Waals surface area contributed by atoms with E-state index in [1.807, 2.05) is 6.07 Å². The Balaban J connectivity index is 2.31. The monoisotopic (exact) mass is 242 g/mol. The van der Waals surface area contributed by atoms with Gasteiger partial charge in [0.25, 0.3) is 0 Å². The average molecular weight is 242 g/mol. The Labute approximate surface area is 103 Å². The number of hydrogen-bond donors (Lipinski definition) is 1. The smallest absolute Gasteiger partial charge is 0.311 e. The van der Waals surface area contributed by atoms with Crippen LogP contribution in [0.3, 0.4) is 0 Å². The van der Waals surface area contributed by atoms with Crippen molar-refractivity contribution in [2.75, 3.05) is 0 Å². The van der Waals surface area contributed by atoms with Crippen molar-refractivity contribution in [1.82, 2.24) is 9.97 Å². The number of nitrogens with zero attached hydrogens (tertiary/aromatic N) is 2. The summed E-state index contributed by atoms with van der Waals surface area (Å²) in [6, 6.07) is 6.76. The van der Waals surface area contributed by atoms with Gasteiger partial charge in [-0.3, -0.25) is 9.59 Å². The number of Topliss-reactive ketones (excluding diaryl/α,β-unsaturated/α-hetero) is 1. The van der Waals surface area contributed by atoms with Crippen LogP contribution in [0.4, 0.5) is 0 Å². The molecule has 0 saturated heterocycles. The molecule has 0 unspecified atom stereocenters. The topological polar surface area (TPSA) is 80.1 Å². The molecule has 0 saturated carbocycles. The van der Waals surface area contributed by atoms with E-state index < -0.39 is 18.2 Å². The fourth-order valence-electron chi connectivity index (χ4n) is 1.56. The van der Waals surface area contributed by atoms with Crippen LogP contribution >= 0.6 is 0 Å². The lowest BCUT2D eigenvalue weighted by Crippen LogP contribution is -2.06. The normalized spacial score (nSPS) is 10.0. The van der Waals surface area contributed by atoms with Crippen LogP contribution in [-0.4, -0.2) is 26.8 Å². The molecule has 5 nitrogen and oxygen atoms in total. The van der Waals surface area contributed by atoms with Gasteiger partial charge < -0.3 is 5.11 Å². The van der Waals surface area contributed by atoms with Crippen molar-refractivity contribution in [3.05, 3.63) is 48.5 Å². The highest BCUT2D eigenvalue weighted by atomic mass is 16.4. The Morgan fingerprint density at radius 1 is 1.11 bits per heavy atom. The molecule has 1 aromatic heterocycles. The lowest BCUT2D eigenvalue weighted by molar-refractivity contribution is -0.135. The number of carboxylic acid groups (broad SMARTS) is 1. The maximum atomic E-state index is 11.6. The summed E-state index contributed by atoms with van der Waals surface area (Å²) in [6.07, 6.45) is 4.18. The third-order valence-electron chi connectivity index (χ3n) is 2.39. The summed E-state index contributed by atoms with van der Waals surface area (Å²) < 4.78 is 0. The molecule has 0 aliphatic carbocycles. The molecule has 0 aliphatic rings. The predicted octanol–water partition coefficient (Wildman–Crippen LogP) is 1.80.